The van der Waals surface area contributed by atoms with Crippen molar-refractivity contribution in [2.45, 2.75) is 19.4 Å². The van der Waals surface area contributed by atoms with Gasteiger partial charge in [-0.05, 0) is 48.2 Å². The molecule has 2 N–H and O–H groups in total. The molecule has 0 fully saturated rings. The number of nitrogens with one attached hydrogen (secondary N) is 2. The number of halogens is 5. The number of fused-ring (bicyclic) bond motifs is 1. The van der Waals surface area contributed by atoms with Crippen molar-refractivity contribution in [3.63, 3.8) is 0 Å². The highest BCUT2D eigenvalue weighted by Gasteiger charge is 2.22. The molecule has 3 rings (SSSR count). The fourth-order valence-electron chi connectivity index (χ4n) is 3.00. The van der Waals surface area contributed by atoms with Crippen molar-refractivity contribution in [1.29, 1.82) is 0 Å². The molecule has 158 valence electrons. The van der Waals surface area contributed by atoms with E-state index in [1.54, 1.807) is 6.92 Å². The highest BCUT2D eigenvalue weighted by atomic mass is 19.3. The maximum atomic E-state index is 13.7. The van der Waals surface area contributed by atoms with E-state index in [1.165, 1.54) is 18.1 Å². The number of benzene rings is 2. The van der Waals surface area contributed by atoms with E-state index in [1.807, 2.05) is 0 Å². The molecule has 1 aromatic heterocycles. The van der Waals surface area contributed by atoms with E-state index >= 15 is 0 Å². The Morgan fingerprint density at radius 1 is 1.00 bits per heavy atom. The van der Waals surface area contributed by atoms with Gasteiger partial charge in [0.15, 0.2) is 11.6 Å². The smallest absolute Gasteiger partial charge is 0.322 e. The van der Waals surface area contributed by atoms with Crippen LogP contribution in [-0.4, -0.2) is 23.0 Å². The van der Waals surface area contributed by atoms with Crippen molar-refractivity contribution < 1.29 is 26.7 Å². The van der Waals surface area contributed by atoms with Gasteiger partial charge in [0.1, 0.15) is 5.82 Å². The number of anilines is 1. The zero-order valence-electron chi connectivity index (χ0n) is 15.8. The lowest BCUT2D eigenvalue weighted by Crippen LogP contribution is -2.34. The summed E-state index contributed by atoms with van der Waals surface area (Å²) in [6, 6.07) is 2.94. The second-order valence-corrected chi connectivity index (χ2v) is 6.64. The summed E-state index contributed by atoms with van der Waals surface area (Å²) in [5, 5.41) is 2.40. The van der Waals surface area contributed by atoms with Crippen molar-refractivity contribution in [2.24, 2.45) is 0 Å². The summed E-state index contributed by atoms with van der Waals surface area (Å²) in [5.41, 5.74) is -1.20. The maximum Gasteiger partial charge on any atom is 0.322 e. The number of H-pyrrole nitrogens is 1. The molecule has 1 heterocycles. The molecular formula is C20H16F5N3O2. The van der Waals surface area contributed by atoms with Crippen molar-refractivity contribution in [2.75, 3.05) is 12.4 Å². The van der Waals surface area contributed by atoms with Crippen LogP contribution in [0.2, 0.25) is 0 Å². The van der Waals surface area contributed by atoms with E-state index in [2.05, 4.69) is 10.3 Å². The first kappa shape index (κ1) is 21.3. The highest BCUT2D eigenvalue weighted by molar-refractivity contribution is 5.90. The van der Waals surface area contributed by atoms with E-state index in [0.29, 0.717) is 5.56 Å². The van der Waals surface area contributed by atoms with E-state index < -0.39 is 47.1 Å². The molecular weight excluding hydrogens is 409 g/mol. The third-order valence-corrected chi connectivity index (χ3v) is 4.81. The summed E-state index contributed by atoms with van der Waals surface area (Å²) in [6.45, 7) is 1.57. The van der Waals surface area contributed by atoms with Crippen LogP contribution in [0.15, 0.2) is 41.3 Å². The number of carbonyl (C=O) groups is 1. The van der Waals surface area contributed by atoms with Crippen LogP contribution in [0, 0.1) is 17.5 Å². The largest absolute Gasteiger partial charge is 0.328 e. The molecule has 5 nitrogen and oxygen atoms in total. The third kappa shape index (κ3) is 3.98. The molecule has 10 heteroatoms. The van der Waals surface area contributed by atoms with Crippen LogP contribution in [0.1, 0.15) is 30.5 Å². The Hall–Kier alpha value is -3.43. The maximum absolute atomic E-state index is 13.7. The van der Waals surface area contributed by atoms with Gasteiger partial charge in [0.2, 0.25) is 0 Å². The molecule has 2 aromatic carbocycles. The predicted octanol–water partition coefficient (Wildman–Crippen LogP) is 5.11. The number of urea groups is 1. The number of rotatable bonds is 4. The SMILES string of the molecule is C[C@@H](c1c[nH]c(=O)c2cc(F)c(F)cc12)N(C)C(=O)Nc1ccc(F)c(C(F)F)c1. The topological polar surface area (TPSA) is 65.2 Å². The summed E-state index contributed by atoms with van der Waals surface area (Å²) in [4.78, 5) is 28.1. The number of aromatic nitrogens is 1. The normalized spacial score (nSPS) is 12.3. The van der Waals surface area contributed by atoms with E-state index in [-0.39, 0.29) is 16.5 Å². The Morgan fingerprint density at radius 2 is 1.63 bits per heavy atom. The fraction of sp³-hybridized carbons (Fsp3) is 0.200. The summed E-state index contributed by atoms with van der Waals surface area (Å²) < 4.78 is 66.4. The number of hydrogen-bond acceptors (Lipinski definition) is 2. The summed E-state index contributed by atoms with van der Waals surface area (Å²) in [7, 11) is 1.38. The van der Waals surface area contributed by atoms with Crippen LogP contribution in [0.3, 0.4) is 0 Å². The number of carbonyl (C=O) groups excluding carboxylic acids is 1. The van der Waals surface area contributed by atoms with Gasteiger partial charge in [-0.2, -0.15) is 0 Å². The van der Waals surface area contributed by atoms with E-state index in [9.17, 15) is 31.5 Å². The molecule has 30 heavy (non-hydrogen) atoms. The van der Waals surface area contributed by atoms with Gasteiger partial charge in [0.25, 0.3) is 12.0 Å². The van der Waals surface area contributed by atoms with Gasteiger partial charge in [-0.3, -0.25) is 4.79 Å². The number of alkyl halides is 2. The van der Waals surface area contributed by atoms with Gasteiger partial charge in [-0.15, -0.1) is 0 Å². The van der Waals surface area contributed by atoms with Crippen molar-refractivity contribution in [3.05, 3.63) is 75.5 Å². The molecule has 0 aliphatic rings. The lowest BCUT2D eigenvalue weighted by molar-refractivity contribution is 0.146. The Balaban J connectivity index is 1.90. The van der Waals surface area contributed by atoms with Crippen molar-refractivity contribution >= 4 is 22.5 Å². The van der Waals surface area contributed by atoms with Crippen LogP contribution in [0.4, 0.5) is 32.4 Å². The molecule has 0 bridgehead atoms. The van der Waals surface area contributed by atoms with Gasteiger partial charge in [0.05, 0.1) is 17.0 Å². The van der Waals surface area contributed by atoms with Gasteiger partial charge < -0.3 is 15.2 Å². The number of nitrogens with zero attached hydrogens (tertiary/aromatic N) is 1. The summed E-state index contributed by atoms with van der Waals surface area (Å²) in [5.74, 6) is -3.44. The predicted molar refractivity (Wildman–Crippen MR) is 101 cm³/mol. The highest BCUT2D eigenvalue weighted by Crippen LogP contribution is 2.28. The first-order valence-electron chi connectivity index (χ1n) is 8.72. The monoisotopic (exact) mass is 425 g/mol. The van der Waals surface area contributed by atoms with E-state index in [4.69, 9.17) is 0 Å². The van der Waals surface area contributed by atoms with Gasteiger partial charge in [-0.25, -0.2) is 26.7 Å². The average Bonchev–Trinajstić information content (AvgIpc) is 2.70. The van der Waals surface area contributed by atoms with Gasteiger partial charge >= 0.3 is 6.03 Å². The zero-order chi connectivity index (χ0) is 22.2. The first-order chi connectivity index (χ1) is 14.1. The Bertz CT molecular complexity index is 1180. The van der Waals surface area contributed by atoms with Crippen LogP contribution in [0.25, 0.3) is 10.8 Å². The van der Waals surface area contributed by atoms with E-state index in [0.717, 1.165) is 30.3 Å². The minimum absolute atomic E-state index is 0.0461. The van der Waals surface area contributed by atoms with Gasteiger partial charge in [-0.1, -0.05) is 0 Å². The van der Waals surface area contributed by atoms with Crippen molar-refractivity contribution in [1.82, 2.24) is 9.88 Å². The molecule has 0 aliphatic heterocycles. The standard InChI is InChI=1S/C20H16F5N3O2/c1-9(14-8-26-19(29)12-7-17(23)16(22)6-11(12)14)28(2)20(30)27-10-3-4-15(21)13(5-10)18(24)25/h3-9,18H,1-2H3,(H,26,29)(H,27,30)/t9-/m0/s1. The Kier molecular flexibility index (Phi) is 5.77. The summed E-state index contributed by atoms with van der Waals surface area (Å²) >= 11 is 0. The van der Waals surface area contributed by atoms with Gasteiger partial charge in [0, 0.05) is 18.9 Å². The minimum atomic E-state index is -3.05. The lowest BCUT2D eigenvalue weighted by atomic mass is 10.0. The van der Waals surface area contributed by atoms with Crippen LogP contribution >= 0.6 is 0 Å². The first-order valence-corrected chi connectivity index (χ1v) is 8.72. The second kappa shape index (κ2) is 8.13. The molecule has 0 unspecified atom stereocenters. The molecule has 1 atom stereocenters. The Morgan fingerprint density at radius 3 is 2.27 bits per heavy atom. The number of pyridine rings is 1. The summed E-state index contributed by atoms with van der Waals surface area (Å²) in [6.07, 6.45) is -1.77. The molecule has 0 saturated carbocycles. The fourth-order valence-corrected chi connectivity index (χ4v) is 3.00. The average molecular weight is 425 g/mol. The number of aromatic amines is 1. The molecule has 0 radical (unpaired) electrons. The zero-order valence-corrected chi connectivity index (χ0v) is 15.8. The molecule has 0 saturated heterocycles. The Labute approximate surface area is 167 Å². The molecule has 0 spiro atoms. The third-order valence-electron chi connectivity index (χ3n) is 4.81. The second-order valence-electron chi connectivity index (χ2n) is 6.64. The van der Waals surface area contributed by atoms with Crippen LogP contribution < -0.4 is 10.9 Å². The molecule has 0 aliphatic carbocycles. The number of amides is 2. The molecule has 3 aromatic rings. The van der Waals surface area contributed by atoms with Crippen LogP contribution in [0.5, 0.6) is 0 Å². The minimum Gasteiger partial charge on any atom is -0.328 e. The number of hydrogen-bond donors (Lipinski definition) is 2. The quantitative estimate of drug-likeness (QED) is 0.571. The molecule has 2 amide bonds. The lowest BCUT2D eigenvalue weighted by Gasteiger charge is -2.26. The van der Waals surface area contributed by atoms with Crippen LogP contribution in [-0.2, 0) is 0 Å². The van der Waals surface area contributed by atoms with Crippen molar-refractivity contribution in [3.8, 4) is 0 Å².